The Balaban J connectivity index is 2.29. The van der Waals surface area contributed by atoms with Gasteiger partial charge in [-0.15, -0.1) is 0 Å². The van der Waals surface area contributed by atoms with E-state index in [1.807, 2.05) is 6.92 Å². The molecule has 1 heterocycles. The van der Waals surface area contributed by atoms with Crippen molar-refractivity contribution in [2.45, 2.75) is 26.7 Å². The van der Waals surface area contributed by atoms with Crippen LogP contribution in [0, 0.1) is 5.92 Å². The second kappa shape index (κ2) is 7.71. The molecule has 0 saturated carbocycles. The van der Waals surface area contributed by atoms with Gasteiger partial charge in [-0.05, 0) is 25.7 Å². The summed E-state index contributed by atoms with van der Waals surface area (Å²) in [6.07, 6.45) is 3.10. The molecule has 1 aromatic rings. The van der Waals surface area contributed by atoms with Gasteiger partial charge in [0.05, 0.1) is 6.61 Å². The average Bonchev–Trinajstić information content (AvgIpc) is 2.83. The van der Waals surface area contributed by atoms with E-state index in [-0.39, 0.29) is 12.3 Å². The van der Waals surface area contributed by atoms with Crippen LogP contribution in [0.25, 0.3) is 0 Å². The molecule has 0 spiro atoms. The number of esters is 1. The zero-order valence-corrected chi connectivity index (χ0v) is 10.8. The van der Waals surface area contributed by atoms with Gasteiger partial charge in [0.1, 0.15) is 6.26 Å². The molecule has 0 aromatic carbocycles. The molecule has 6 heteroatoms. The molecule has 1 aromatic heterocycles. The van der Waals surface area contributed by atoms with E-state index in [1.54, 1.807) is 6.92 Å². The molecular formula is C12H20N2O4. The summed E-state index contributed by atoms with van der Waals surface area (Å²) < 4.78 is 9.89. The summed E-state index contributed by atoms with van der Waals surface area (Å²) in [5.41, 5.74) is 0.170. The van der Waals surface area contributed by atoms with E-state index in [0.29, 0.717) is 25.1 Å². The normalized spacial score (nSPS) is 12.2. The van der Waals surface area contributed by atoms with Gasteiger partial charge >= 0.3 is 5.97 Å². The summed E-state index contributed by atoms with van der Waals surface area (Å²) in [4.78, 5) is 15.3. The highest BCUT2D eigenvalue weighted by molar-refractivity contribution is 5.87. The lowest BCUT2D eigenvalue weighted by Gasteiger charge is -2.06. The molecule has 102 valence electrons. The van der Waals surface area contributed by atoms with Crippen LogP contribution < -0.4 is 5.32 Å². The molecule has 0 aliphatic carbocycles. The maximum absolute atomic E-state index is 11.3. The third kappa shape index (κ3) is 4.75. The lowest BCUT2D eigenvalue weighted by molar-refractivity contribution is 0.0519. The molecule has 0 amide bonds. The first-order valence-electron chi connectivity index (χ1n) is 6.14. The molecule has 0 radical (unpaired) electrons. The lowest BCUT2D eigenvalue weighted by atomic mass is 10.1. The number of anilines is 1. The molecule has 1 unspecified atom stereocenters. The minimum absolute atomic E-state index is 0.170. The Morgan fingerprint density at radius 2 is 2.44 bits per heavy atom. The Morgan fingerprint density at radius 1 is 1.67 bits per heavy atom. The van der Waals surface area contributed by atoms with E-state index in [2.05, 4.69) is 10.3 Å². The van der Waals surface area contributed by atoms with Gasteiger partial charge < -0.3 is 19.6 Å². The highest BCUT2D eigenvalue weighted by Gasteiger charge is 2.12. The van der Waals surface area contributed by atoms with Crippen LogP contribution in [-0.4, -0.2) is 35.8 Å². The second-order valence-electron chi connectivity index (χ2n) is 4.12. The van der Waals surface area contributed by atoms with E-state index >= 15 is 0 Å². The highest BCUT2D eigenvalue weighted by atomic mass is 16.5. The molecular weight excluding hydrogens is 236 g/mol. The van der Waals surface area contributed by atoms with Gasteiger partial charge in [0, 0.05) is 13.2 Å². The summed E-state index contributed by atoms with van der Waals surface area (Å²) in [7, 11) is 0. The molecule has 18 heavy (non-hydrogen) atoms. The fraction of sp³-hybridized carbons (Fsp3) is 0.667. The Labute approximate surface area is 106 Å². The molecule has 1 atom stereocenters. The van der Waals surface area contributed by atoms with Crippen LogP contribution in [0.15, 0.2) is 10.7 Å². The fourth-order valence-corrected chi connectivity index (χ4v) is 1.39. The Hall–Kier alpha value is -1.56. The lowest BCUT2D eigenvalue weighted by Crippen LogP contribution is -2.08. The van der Waals surface area contributed by atoms with Crippen molar-refractivity contribution in [1.29, 1.82) is 0 Å². The Morgan fingerprint density at radius 3 is 3.11 bits per heavy atom. The number of hydrogen-bond acceptors (Lipinski definition) is 6. The number of rotatable bonds is 8. The number of oxazole rings is 1. The molecule has 1 rings (SSSR count). The van der Waals surface area contributed by atoms with Crippen LogP contribution in [0.4, 0.5) is 6.01 Å². The van der Waals surface area contributed by atoms with Gasteiger partial charge in [0.2, 0.25) is 0 Å². The average molecular weight is 256 g/mol. The predicted molar refractivity (Wildman–Crippen MR) is 66.4 cm³/mol. The van der Waals surface area contributed by atoms with Crippen LogP contribution >= 0.6 is 0 Å². The van der Waals surface area contributed by atoms with E-state index in [9.17, 15) is 4.79 Å². The molecule has 2 N–H and O–H groups in total. The van der Waals surface area contributed by atoms with Crippen LogP contribution in [-0.2, 0) is 4.74 Å². The maximum Gasteiger partial charge on any atom is 0.360 e. The van der Waals surface area contributed by atoms with Crippen LogP contribution in [0.5, 0.6) is 0 Å². The molecule has 6 nitrogen and oxygen atoms in total. The standard InChI is InChI=1S/C12H20N2O4/c1-3-17-11(16)10-8-18-12(14-10)13-6-4-5-9(2)7-15/h8-9,15H,3-7H2,1-2H3,(H,13,14). The smallest absolute Gasteiger partial charge is 0.360 e. The van der Waals surface area contributed by atoms with Crippen molar-refractivity contribution in [1.82, 2.24) is 4.98 Å². The van der Waals surface area contributed by atoms with Crippen LogP contribution in [0.2, 0.25) is 0 Å². The number of ether oxygens (including phenoxy) is 1. The van der Waals surface area contributed by atoms with Gasteiger partial charge in [-0.3, -0.25) is 0 Å². The van der Waals surface area contributed by atoms with Gasteiger partial charge in [-0.1, -0.05) is 6.92 Å². The van der Waals surface area contributed by atoms with Crippen molar-refractivity contribution >= 4 is 12.0 Å². The number of nitrogens with zero attached hydrogens (tertiary/aromatic N) is 1. The number of carbonyl (C=O) groups excluding carboxylic acids is 1. The summed E-state index contributed by atoms with van der Waals surface area (Å²) in [6.45, 7) is 4.93. The first kappa shape index (κ1) is 14.5. The van der Waals surface area contributed by atoms with Crippen molar-refractivity contribution in [3.05, 3.63) is 12.0 Å². The number of aliphatic hydroxyl groups excluding tert-OH is 1. The third-order valence-electron chi connectivity index (χ3n) is 2.45. The SMILES string of the molecule is CCOC(=O)c1coc(NCCCC(C)CO)n1. The van der Waals surface area contributed by atoms with Crippen molar-refractivity contribution in [3.8, 4) is 0 Å². The number of hydrogen-bond donors (Lipinski definition) is 2. The monoisotopic (exact) mass is 256 g/mol. The zero-order chi connectivity index (χ0) is 13.4. The minimum atomic E-state index is -0.483. The van der Waals surface area contributed by atoms with E-state index < -0.39 is 5.97 Å². The predicted octanol–water partition coefficient (Wildman–Crippen LogP) is 1.67. The van der Waals surface area contributed by atoms with Crippen LogP contribution in [0.1, 0.15) is 37.2 Å². The third-order valence-corrected chi connectivity index (χ3v) is 2.45. The van der Waals surface area contributed by atoms with Gasteiger partial charge in [-0.25, -0.2) is 4.79 Å². The topological polar surface area (TPSA) is 84.6 Å². The van der Waals surface area contributed by atoms with Crippen molar-refractivity contribution < 1.29 is 19.1 Å². The quantitative estimate of drug-likeness (QED) is 0.543. The largest absolute Gasteiger partial charge is 0.461 e. The van der Waals surface area contributed by atoms with Gasteiger partial charge in [0.25, 0.3) is 6.01 Å². The summed E-state index contributed by atoms with van der Waals surface area (Å²) in [5.74, 6) is -0.186. The Kier molecular flexibility index (Phi) is 6.21. The van der Waals surface area contributed by atoms with E-state index in [0.717, 1.165) is 12.8 Å². The van der Waals surface area contributed by atoms with Crippen molar-refractivity contribution in [3.63, 3.8) is 0 Å². The molecule has 0 fully saturated rings. The Bertz CT molecular complexity index is 365. The van der Waals surface area contributed by atoms with Gasteiger partial charge in [0.15, 0.2) is 5.69 Å². The minimum Gasteiger partial charge on any atom is -0.461 e. The first-order chi connectivity index (χ1) is 8.67. The summed E-state index contributed by atoms with van der Waals surface area (Å²) in [5, 5.41) is 11.8. The zero-order valence-electron chi connectivity index (χ0n) is 10.8. The van der Waals surface area contributed by atoms with E-state index in [4.69, 9.17) is 14.3 Å². The first-order valence-corrected chi connectivity index (χ1v) is 6.14. The number of carbonyl (C=O) groups is 1. The van der Waals surface area contributed by atoms with E-state index in [1.165, 1.54) is 6.26 Å². The number of aliphatic hydroxyl groups is 1. The van der Waals surface area contributed by atoms with Crippen molar-refractivity contribution in [2.24, 2.45) is 5.92 Å². The van der Waals surface area contributed by atoms with Crippen LogP contribution in [0.3, 0.4) is 0 Å². The molecule has 0 bridgehead atoms. The maximum atomic E-state index is 11.3. The molecule has 0 aliphatic heterocycles. The number of aromatic nitrogens is 1. The highest BCUT2D eigenvalue weighted by Crippen LogP contribution is 2.10. The molecule has 0 aliphatic rings. The van der Waals surface area contributed by atoms with Gasteiger partial charge in [-0.2, -0.15) is 4.98 Å². The second-order valence-corrected chi connectivity index (χ2v) is 4.12. The summed E-state index contributed by atoms with van der Waals surface area (Å²) in [6, 6.07) is 0.315. The molecule has 0 saturated heterocycles. The summed E-state index contributed by atoms with van der Waals surface area (Å²) >= 11 is 0. The van der Waals surface area contributed by atoms with Crippen molar-refractivity contribution in [2.75, 3.05) is 25.1 Å². The number of nitrogens with one attached hydrogen (secondary N) is 1. The fourth-order valence-electron chi connectivity index (χ4n) is 1.39.